The van der Waals surface area contributed by atoms with Crippen molar-refractivity contribution < 1.29 is 22.7 Å². The molecule has 1 aromatic rings. The van der Waals surface area contributed by atoms with Gasteiger partial charge in [-0.3, -0.25) is 9.59 Å². The average molecular weight is 378 g/mol. The summed E-state index contributed by atoms with van der Waals surface area (Å²) in [7, 11) is -3.88. The Balaban J connectivity index is 2.71. The van der Waals surface area contributed by atoms with Crippen molar-refractivity contribution >= 4 is 28.0 Å². The number of nitrogens with one attached hydrogen (secondary N) is 2. The van der Waals surface area contributed by atoms with E-state index >= 15 is 0 Å². The van der Waals surface area contributed by atoms with Gasteiger partial charge in [0.2, 0.25) is 10.0 Å². The molecule has 0 aromatic heterocycles. The lowest BCUT2D eigenvalue weighted by Crippen LogP contribution is -2.45. The Bertz CT molecular complexity index is 780. The van der Waals surface area contributed by atoms with Crippen molar-refractivity contribution in [2.45, 2.75) is 19.9 Å². The lowest BCUT2D eigenvalue weighted by atomic mass is 10.1. The second kappa shape index (κ2) is 10.4. The predicted octanol–water partition coefficient (Wildman–Crippen LogP) is 0.894. The summed E-state index contributed by atoms with van der Waals surface area (Å²) in [4.78, 5) is 23.5. The van der Waals surface area contributed by atoms with Gasteiger partial charge in [0.15, 0.2) is 6.61 Å². The van der Waals surface area contributed by atoms with Gasteiger partial charge in [0.25, 0.3) is 5.91 Å². The molecule has 8 heteroatoms. The number of carbonyl (C=O) groups is 2. The van der Waals surface area contributed by atoms with Crippen LogP contribution in [0.1, 0.15) is 19.4 Å². The van der Waals surface area contributed by atoms with E-state index < -0.39 is 34.5 Å². The Morgan fingerprint density at radius 3 is 2.50 bits per heavy atom. The minimum absolute atomic E-state index is 0.0148. The number of hydrogen-bond acceptors (Lipinski definition) is 5. The summed E-state index contributed by atoms with van der Waals surface area (Å²) in [5, 5.41) is 3.32. The molecule has 26 heavy (non-hydrogen) atoms. The summed E-state index contributed by atoms with van der Waals surface area (Å²) < 4.78 is 31.5. The molecule has 0 fully saturated rings. The van der Waals surface area contributed by atoms with Crippen LogP contribution in [0.2, 0.25) is 0 Å². The van der Waals surface area contributed by atoms with Crippen molar-refractivity contribution in [2.75, 3.05) is 13.2 Å². The van der Waals surface area contributed by atoms with Crippen LogP contribution in [-0.2, 0) is 24.3 Å². The first kappa shape index (κ1) is 21.4. The van der Waals surface area contributed by atoms with E-state index in [1.54, 1.807) is 38.1 Å². The van der Waals surface area contributed by atoms with Gasteiger partial charge >= 0.3 is 5.97 Å². The second-order valence-corrected chi connectivity index (χ2v) is 7.28. The number of amides is 1. The molecule has 1 atom stereocenters. The van der Waals surface area contributed by atoms with E-state index in [0.29, 0.717) is 5.56 Å². The number of ether oxygens (including phenoxy) is 1. The van der Waals surface area contributed by atoms with Crippen LogP contribution in [-0.4, -0.2) is 39.5 Å². The first-order valence-corrected chi connectivity index (χ1v) is 9.42. The number of sulfonamides is 1. The van der Waals surface area contributed by atoms with E-state index in [4.69, 9.17) is 11.2 Å². The molecule has 0 spiro atoms. The molecule has 0 heterocycles. The Hall–Kier alpha value is -2.63. The molecule has 140 valence electrons. The highest BCUT2D eigenvalue weighted by Gasteiger charge is 2.28. The zero-order chi connectivity index (χ0) is 19.6. The molecule has 0 aliphatic heterocycles. The third-order valence-corrected chi connectivity index (χ3v) is 4.26. The molecular formula is C18H22N2O5S. The quantitative estimate of drug-likeness (QED) is 0.491. The normalized spacial score (nSPS) is 12.5. The zero-order valence-electron chi connectivity index (χ0n) is 14.6. The number of esters is 1. The Morgan fingerprint density at radius 2 is 1.92 bits per heavy atom. The maximum absolute atomic E-state index is 12.2. The highest BCUT2D eigenvalue weighted by atomic mass is 32.2. The smallest absolute Gasteiger partial charge is 0.324 e. The molecule has 0 aliphatic rings. The first-order chi connectivity index (χ1) is 12.2. The molecule has 0 saturated carbocycles. The minimum Gasteiger partial charge on any atom is -0.454 e. The third kappa shape index (κ3) is 7.96. The maximum Gasteiger partial charge on any atom is 0.324 e. The minimum atomic E-state index is -3.88. The number of rotatable bonds is 9. The predicted molar refractivity (Wildman–Crippen MR) is 99.0 cm³/mol. The summed E-state index contributed by atoms with van der Waals surface area (Å²) in [5.41, 5.74) is 0.701. The Labute approximate surface area is 153 Å². The lowest BCUT2D eigenvalue weighted by molar-refractivity contribution is -0.151. The van der Waals surface area contributed by atoms with E-state index in [1.807, 2.05) is 6.07 Å². The molecule has 1 amide bonds. The molecule has 0 unspecified atom stereocenters. The monoisotopic (exact) mass is 378 g/mol. The van der Waals surface area contributed by atoms with Crippen LogP contribution in [0.4, 0.5) is 0 Å². The third-order valence-electron chi connectivity index (χ3n) is 3.18. The fraction of sp³-hybridized carbons (Fsp3) is 0.333. The molecule has 7 nitrogen and oxygen atoms in total. The van der Waals surface area contributed by atoms with E-state index in [0.717, 1.165) is 5.41 Å². The van der Waals surface area contributed by atoms with Gasteiger partial charge in [-0.15, -0.1) is 6.42 Å². The fourth-order valence-corrected chi connectivity index (χ4v) is 2.97. The van der Waals surface area contributed by atoms with Gasteiger partial charge in [-0.05, 0) is 17.6 Å². The van der Waals surface area contributed by atoms with Gasteiger partial charge in [0.05, 0.1) is 6.54 Å². The van der Waals surface area contributed by atoms with Crippen LogP contribution in [0.25, 0.3) is 6.08 Å². The lowest BCUT2D eigenvalue weighted by Gasteiger charge is -2.19. The van der Waals surface area contributed by atoms with Crippen LogP contribution in [0.3, 0.4) is 0 Å². The molecule has 0 aliphatic carbocycles. The van der Waals surface area contributed by atoms with E-state index in [2.05, 4.69) is 16.0 Å². The van der Waals surface area contributed by atoms with E-state index in [-0.39, 0.29) is 12.5 Å². The summed E-state index contributed by atoms with van der Waals surface area (Å²) in [6.45, 7) is 2.80. The molecule has 0 saturated heterocycles. The summed E-state index contributed by atoms with van der Waals surface area (Å²) >= 11 is 0. The van der Waals surface area contributed by atoms with Crippen LogP contribution >= 0.6 is 0 Å². The van der Waals surface area contributed by atoms with Gasteiger partial charge in [-0.2, -0.15) is 4.72 Å². The molecular weight excluding hydrogens is 356 g/mol. The van der Waals surface area contributed by atoms with E-state index in [9.17, 15) is 18.0 Å². The number of terminal acetylenes is 1. The topological polar surface area (TPSA) is 102 Å². The first-order valence-electron chi connectivity index (χ1n) is 7.87. The van der Waals surface area contributed by atoms with Gasteiger partial charge in [-0.25, -0.2) is 8.42 Å². The molecule has 1 aromatic carbocycles. The number of carbonyl (C=O) groups excluding carboxylic acids is 2. The summed E-state index contributed by atoms with van der Waals surface area (Å²) in [6, 6.07) is 7.73. The highest BCUT2D eigenvalue weighted by molar-refractivity contribution is 7.92. The standard InChI is InChI=1S/C18H22N2O5S/c1-4-11-19-16(21)13-25-18(22)17(14(2)3)20-26(23,24)12-10-15-8-6-5-7-9-15/h1,5-10,12,14,17,20H,11,13H2,2-3H3,(H,19,21)/b12-10+/t17-/m0/s1. The van der Waals surface area contributed by atoms with Crippen LogP contribution in [0, 0.1) is 18.3 Å². The zero-order valence-corrected chi connectivity index (χ0v) is 15.5. The van der Waals surface area contributed by atoms with E-state index in [1.165, 1.54) is 6.08 Å². The Morgan fingerprint density at radius 1 is 1.27 bits per heavy atom. The van der Waals surface area contributed by atoms with Crippen molar-refractivity contribution in [3.8, 4) is 12.3 Å². The van der Waals surface area contributed by atoms with Crippen molar-refractivity contribution in [1.29, 1.82) is 0 Å². The molecule has 2 N–H and O–H groups in total. The SMILES string of the molecule is C#CCNC(=O)COC(=O)[C@@H](NS(=O)(=O)/C=C/c1ccccc1)C(C)C. The maximum atomic E-state index is 12.2. The summed E-state index contributed by atoms with van der Waals surface area (Å²) in [5.74, 6) is 0.431. The highest BCUT2D eigenvalue weighted by Crippen LogP contribution is 2.08. The van der Waals surface area contributed by atoms with Crippen LogP contribution in [0.15, 0.2) is 35.7 Å². The second-order valence-electron chi connectivity index (χ2n) is 5.69. The van der Waals surface area contributed by atoms with Crippen molar-refractivity contribution in [3.63, 3.8) is 0 Å². The van der Waals surface area contributed by atoms with Crippen LogP contribution in [0.5, 0.6) is 0 Å². The Kier molecular flexibility index (Phi) is 8.55. The van der Waals surface area contributed by atoms with Crippen molar-refractivity contribution in [2.24, 2.45) is 5.92 Å². The summed E-state index contributed by atoms with van der Waals surface area (Å²) in [6.07, 6.45) is 6.42. The number of benzene rings is 1. The van der Waals surface area contributed by atoms with Crippen molar-refractivity contribution in [1.82, 2.24) is 10.0 Å². The number of hydrogen-bond donors (Lipinski definition) is 2. The molecule has 0 radical (unpaired) electrons. The van der Waals surface area contributed by atoms with Gasteiger partial charge in [0.1, 0.15) is 6.04 Å². The molecule has 0 bridgehead atoms. The van der Waals surface area contributed by atoms with Crippen molar-refractivity contribution in [3.05, 3.63) is 41.3 Å². The molecule has 1 rings (SSSR count). The van der Waals surface area contributed by atoms with Gasteiger partial charge in [0, 0.05) is 5.41 Å². The van der Waals surface area contributed by atoms with Gasteiger partial charge in [-0.1, -0.05) is 50.1 Å². The van der Waals surface area contributed by atoms with Gasteiger partial charge < -0.3 is 10.1 Å². The fourth-order valence-electron chi connectivity index (χ4n) is 1.83. The average Bonchev–Trinajstić information content (AvgIpc) is 2.61. The largest absolute Gasteiger partial charge is 0.454 e. The van der Waals surface area contributed by atoms with Crippen LogP contribution < -0.4 is 10.0 Å².